The van der Waals surface area contributed by atoms with Crippen LogP contribution in [0.2, 0.25) is 0 Å². The molecular weight excluding hydrogens is 319 g/mol. The van der Waals surface area contributed by atoms with E-state index in [4.69, 9.17) is 0 Å². The zero-order chi connectivity index (χ0) is 16.8. The predicted octanol–water partition coefficient (Wildman–Crippen LogP) is 3.27. The van der Waals surface area contributed by atoms with Gasteiger partial charge in [0, 0.05) is 17.4 Å². The smallest absolute Gasteiger partial charge is 0.192 e. The minimum atomic E-state index is -0.275. The van der Waals surface area contributed by atoms with Crippen molar-refractivity contribution in [3.05, 3.63) is 72.9 Å². The Morgan fingerprint density at radius 2 is 1.68 bits per heavy atom. The second kappa shape index (κ2) is 5.20. The summed E-state index contributed by atoms with van der Waals surface area (Å²) in [6, 6.07) is 16.3. The minimum absolute atomic E-state index is 0.275. The van der Waals surface area contributed by atoms with Crippen molar-refractivity contribution in [3.63, 3.8) is 0 Å². The van der Waals surface area contributed by atoms with Crippen molar-refractivity contribution in [2.75, 3.05) is 0 Å². The molecule has 0 saturated carbocycles. The molecule has 0 N–H and O–H groups in total. The second-order valence-corrected chi connectivity index (χ2v) is 5.65. The summed E-state index contributed by atoms with van der Waals surface area (Å²) in [5.74, 6) is -0.275. The Hall–Kier alpha value is -3.61. The van der Waals surface area contributed by atoms with Crippen molar-refractivity contribution < 1.29 is 4.39 Å². The fraction of sp³-hybridized carbons (Fsp3) is 0. The molecule has 0 aliphatic carbocycles. The van der Waals surface area contributed by atoms with Gasteiger partial charge < -0.3 is 4.57 Å². The standard InChI is InChI=1S/C18H11FN6/c19-13-8-6-12(7-9-13)15-10-24(14-4-2-1-3-5-14)17-16(15)18-21-22-23-25(18)11-20-17/h1-11H. The highest BCUT2D eigenvalue weighted by molar-refractivity contribution is 6.03. The molecule has 0 spiro atoms. The Labute approximate surface area is 141 Å². The van der Waals surface area contributed by atoms with Gasteiger partial charge in [-0.3, -0.25) is 0 Å². The lowest BCUT2D eigenvalue weighted by Crippen LogP contribution is -1.96. The number of hydrogen-bond acceptors (Lipinski definition) is 4. The molecular formula is C18H11FN6. The summed E-state index contributed by atoms with van der Waals surface area (Å²) in [5, 5.41) is 12.6. The minimum Gasteiger partial charge on any atom is -0.301 e. The molecule has 120 valence electrons. The molecule has 6 nitrogen and oxygen atoms in total. The fourth-order valence-corrected chi connectivity index (χ4v) is 3.02. The monoisotopic (exact) mass is 330 g/mol. The zero-order valence-electron chi connectivity index (χ0n) is 12.9. The third-order valence-electron chi connectivity index (χ3n) is 4.17. The maximum atomic E-state index is 13.3. The molecule has 2 aromatic carbocycles. The number of hydrogen-bond donors (Lipinski definition) is 0. The lowest BCUT2D eigenvalue weighted by Gasteiger charge is -2.03. The number of benzene rings is 2. The van der Waals surface area contributed by atoms with E-state index in [1.54, 1.807) is 18.5 Å². The van der Waals surface area contributed by atoms with Gasteiger partial charge in [0.25, 0.3) is 0 Å². The van der Waals surface area contributed by atoms with Gasteiger partial charge in [-0.05, 0) is 40.3 Å². The highest BCUT2D eigenvalue weighted by Gasteiger charge is 2.17. The zero-order valence-corrected chi connectivity index (χ0v) is 12.9. The number of aromatic nitrogens is 6. The van der Waals surface area contributed by atoms with Crippen LogP contribution >= 0.6 is 0 Å². The van der Waals surface area contributed by atoms with E-state index in [2.05, 4.69) is 20.5 Å². The molecule has 0 fully saturated rings. The predicted molar refractivity (Wildman–Crippen MR) is 90.8 cm³/mol. The van der Waals surface area contributed by atoms with Gasteiger partial charge in [0.2, 0.25) is 0 Å². The first-order valence-corrected chi connectivity index (χ1v) is 7.70. The van der Waals surface area contributed by atoms with Gasteiger partial charge in [0.05, 0.1) is 5.39 Å². The van der Waals surface area contributed by atoms with E-state index in [1.165, 1.54) is 16.6 Å². The summed E-state index contributed by atoms with van der Waals surface area (Å²) in [6.45, 7) is 0. The van der Waals surface area contributed by atoms with E-state index >= 15 is 0 Å². The molecule has 0 atom stereocenters. The van der Waals surface area contributed by atoms with Gasteiger partial charge in [0.15, 0.2) is 11.3 Å². The summed E-state index contributed by atoms with van der Waals surface area (Å²) in [6.07, 6.45) is 3.57. The van der Waals surface area contributed by atoms with Crippen molar-refractivity contribution in [3.8, 4) is 16.8 Å². The molecule has 7 heteroatoms. The van der Waals surface area contributed by atoms with Crippen LogP contribution in [0.15, 0.2) is 67.1 Å². The van der Waals surface area contributed by atoms with Crippen LogP contribution in [-0.2, 0) is 0 Å². The number of nitrogens with zero attached hydrogens (tertiary/aromatic N) is 6. The second-order valence-electron chi connectivity index (χ2n) is 5.65. The Bertz CT molecular complexity index is 1190. The van der Waals surface area contributed by atoms with E-state index < -0.39 is 0 Å². The molecule has 0 unspecified atom stereocenters. The van der Waals surface area contributed by atoms with Crippen LogP contribution in [0.25, 0.3) is 33.5 Å². The van der Waals surface area contributed by atoms with Crippen molar-refractivity contribution in [2.24, 2.45) is 0 Å². The lowest BCUT2D eigenvalue weighted by atomic mass is 10.1. The number of tetrazole rings is 1. The Kier molecular flexibility index (Phi) is 2.87. The average Bonchev–Trinajstić information content (AvgIpc) is 3.27. The molecule has 0 radical (unpaired) electrons. The number of fused-ring (bicyclic) bond motifs is 3. The molecule has 3 aromatic heterocycles. The summed E-state index contributed by atoms with van der Waals surface area (Å²) in [5.41, 5.74) is 4.10. The van der Waals surface area contributed by atoms with E-state index in [0.29, 0.717) is 5.65 Å². The molecule has 0 aliphatic rings. The number of para-hydroxylation sites is 1. The van der Waals surface area contributed by atoms with E-state index in [9.17, 15) is 4.39 Å². The van der Waals surface area contributed by atoms with Crippen molar-refractivity contribution in [1.29, 1.82) is 0 Å². The topological polar surface area (TPSA) is 60.9 Å². The van der Waals surface area contributed by atoms with Crippen molar-refractivity contribution in [1.82, 2.24) is 29.6 Å². The molecule has 3 heterocycles. The van der Waals surface area contributed by atoms with Crippen LogP contribution in [-0.4, -0.2) is 29.6 Å². The number of halogens is 1. The third kappa shape index (κ3) is 2.09. The maximum Gasteiger partial charge on any atom is 0.192 e. The van der Waals surface area contributed by atoms with Gasteiger partial charge in [-0.15, -0.1) is 5.10 Å². The van der Waals surface area contributed by atoms with Gasteiger partial charge in [-0.1, -0.05) is 30.3 Å². The van der Waals surface area contributed by atoms with Crippen LogP contribution in [0.4, 0.5) is 4.39 Å². The quantitative estimate of drug-likeness (QED) is 0.498. The summed E-state index contributed by atoms with van der Waals surface area (Å²) >= 11 is 0. The summed E-state index contributed by atoms with van der Waals surface area (Å²) in [4.78, 5) is 4.53. The Morgan fingerprint density at radius 3 is 2.48 bits per heavy atom. The van der Waals surface area contributed by atoms with E-state index in [1.807, 2.05) is 41.1 Å². The lowest BCUT2D eigenvalue weighted by molar-refractivity contribution is 0.628. The summed E-state index contributed by atoms with van der Waals surface area (Å²) < 4.78 is 16.9. The van der Waals surface area contributed by atoms with Crippen LogP contribution < -0.4 is 0 Å². The van der Waals surface area contributed by atoms with E-state index in [-0.39, 0.29) is 5.82 Å². The largest absolute Gasteiger partial charge is 0.301 e. The van der Waals surface area contributed by atoms with Crippen LogP contribution in [0.3, 0.4) is 0 Å². The molecule has 0 bridgehead atoms. The molecule has 5 aromatic rings. The molecule has 25 heavy (non-hydrogen) atoms. The molecule has 5 rings (SSSR count). The Balaban J connectivity index is 1.90. The van der Waals surface area contributed by atoms with Gasteiger partial charge in [-0.25, -0.2) is 9.37 Å². The maximum absolute atomic E-state index is 13.3. The van der Waals surface area contributed by atoms with Crippen molar-refractivity contribution >= 4 is 16.7 Å². The van der Waals surface area contributed by atoms with Gasteiger partial charge >= 0.3 is 0 Å². The third-order valence-corrected chi connectivity index (χ3v) is 4.17. The molecule has 0 aliphatic heterocycles. The first-order chi connectivity index (χ1) is 12.3. The molecule has 0 amide bonds. The summed E-state index contributed by atoms with van der Waals surface area (Å²) in [7, 11) is 0. The first-order valence-electron chi connectivity index (χ1n) is 7.70. The first kappa shape index (κ1) is 13.8. The highest BCUT2D eigenvalue weighted by atomic mass is 19.1. The van der Waals surface area contributed by atoms with Crippen LogP contribution in [0.1, 0.15) is 0 Å². The van der Waals surface area contributed by atoms with Gasteiger partial charge in [0.1, 0.15) is 12.1 Å². The number of rotatable bonds is 2. The highest BCUT2D eigenvalue weighted by Crippen LogP contribution is 2.33. The average molecular weight is 330 g/mol. The normalized spacial score (nSPS) is 11.4. The SMILES string of the molecule is Fc1ccc(-c2cn(-c3ccccc3)c3ncn4nnnc4c23)cc1. The molecule has 0 saturated heterocycles. The van der Waals surface area contributed by atoms with Crippen LogP contribution in [0, 0.1) is 5.82 Å². The van der Waals surface area contributed by atoms with Gasteiger partial charge in [-0.2, -0.15) is 4.52 Å². The van der Waals surface area contributed by atoms with E-state index in [0.717, 1.165) is 27.8 Å². The fourth-order valence-electron chi connectivity index (χ4n) is 3.02. The Morgan fingerprint density at radius 1 is 0.880 bits per heavy atom. The van der Waals surface area contributed by atoms with Crippen molar-refractivity contribution in [2.45, 2.75) is 0 Å². The van der Waals surface area contributed by atoms with Crippen LogP contribution in [0.5, 0.6) is 0 Å².